The number of nitrogens with one attached hydrogen (secondary N) is 1. The van der Waals surface area contributed by atoms with Crippen LogP contribution in [0.2, 0.25) is 0 Å². The Morgan fingerprint density at radius 1 is 1.14 bits per heavy atom. The number of hydrogen-bond donors (Lipinski definition) is 1. The first kappa shape index (κ1) is 15.4. The molecule has 22 heavy (non-hydrogen) atoms. The van der Waals surface area contributed by atoms with Gasteiger partial charge in [-0.1, -0.05) is 12.1 Å². The highest BCUT2D eigenvalue weighted by molar-refractivity contribution is 6.02. The minimum Gasteiger partial charge on any atom is -0.497 e. The van der Waals surface area contributed by atoms with Gasteiger partial charge < -0.3 is 19.2 Å². The van der Waals surface area contributed by atoms with Gasteiger partial charge in [0, 0.05) is 0 Å². The van der Waals surface area contributed by atoms with E-state index in [-0.39, 0.29) is 11.5 Å². The fourth-order valence-electron chi connectivity index (χ4n) is 1.71. The quantitative estimate of drug-likeness (QED) is 0.677. The molecule has 2 aromatic rings. The standard InChI is InChI=1S/C16H15NO5/c1-20-12-7-5-11(6-8-12)10-13(16(19)21-2)17-15(18)14-4-3-9-22-14/h3-10H,1-2H3,(H,17,18)/b13-10+. The maximum atomic E-state index is 12.0. The molecule has 0 radical (unpaired) electrons. The van der Waals surface area contributed by atoms with Crippen LogP contribution >= 0.6 is 0 Å². The van der Waals surface area contributed by atoms with E-state index >= 15 is 0 Å². The molecule has 0 saturated heterocycles. The lowest BCUT2D eigenvalue weighted by molar-refractivity contribution is -0.136. The van der Waals surface area contributed by atoms with Crippen LogP contribution in [0.3, 0.4) is 0 Å². The van der Waals surface area contributed by atoms with E-state index in [9.17, 15) is 9.59 Å². The summed E-state index contributed by atoms with van der Waals surface area (Å²) in [5.74, 6) is -0.396. The molecule has 0 bridgehead atoms. The van der Waals surface area contributed by atoms with Crippen molar-refractivity contribution in [3.05, 3.63) is 59.7 Å². The van der Waals surface area contributed by atoms with Crippen molar-refractivity contribution in [1.82, 2.24) is 5.32 Å². The van der Waals surface area contributed by atoms with Gasteiger partial charge in [-0.3, -0.25) is 4.79 Å². The fourth-order valence-corrected chi connectivity index (χ4v) is 1.71. The van der Waals surface area contributed by atoms with E-state index in [0.717, 1.165) is 0 Å². The molecule has 0 atom stereocenters. The number of hydrogen-bond acceptors (Lipinski definition) is 5. The highest BCUT2D eigenvalue weighted by Crippen LogP contribution is 2.14. The van der Waals surface area contributed by atoms with Crippen molar-refractivity contribution in [3.63, 3.8) is 0 Å². The number of methoxy groups -OCH3 is 2. The normalized spacial score (nSPS) is 10.9. The molecule has 1 aromatic carbocycles. The van der Waals surface area contributed by atoms with Crippen LogP contribution in [-0.4, -0.2) is 26.1 Å². The minimum atomic E-state index is -0.657. The molecule has 114 valence electrons. The van der Waals surface area contributed by atoms with Crippen LogP contribution in [0.25, 0.3) is 6.08 Å². The molecule has 0 fully saturated rings. The number of carbonyl (C=O) groups excluding carboxylic acids is 2. The zero-order chi connectivity index (χ0) is 15.9. The van der Waals surface area contributed by atoms with Gasteiger partial charge in [0.2, 0.25) is 0 Å². The summed E-state index contributed by atoms with van der Waals surface area (Å²) in [4.78, 5) is 23.7. The summed E-state index contributed by atoms with van der Waals surface area (Å²) >= 11 is 0. The first-order valence-electron chi connectivity index (χ1n) is 6.43. The van der Waals surface area contributed by atoms with Gasteiger partial charge in [-0.25, -0.2) is 4.79 Å². The van der Waals surface area contributed by atoms with E-state index in [1.165, 1.54) is 25.5 Å². The number of esters is 1. The van der Waals surface area contributed by atoms with Crippen molar-refractivity contribution in [2.45, 2.75) is 0 Å². The van der Waals surface area contributed by atoms with Crippen LogP contribution in [0.4, 0.5) is 0 Å². The third kappa shape index (κ3) is 3.76. The number of furan rings is 1. The number of rotatable bonds is 5. The first-order chi connectivity index (χ1) is 10.6. The van der Waals surface area contributed by atoms with Gasteiger partial charge in [0.05, 0.1) is 20.5 Å². The van der Waals surface area contributed by atoms with Crippen molar-refractivity contribution in [3.8, 4) is 5.75 Å². The summed E-state index contributed by atoms with van der Waals surface area (Å²) in [7, 11) is 2.80. The molecule has 1 amide bonds. The zero-order valence-corrected chi connectivity index (χ0v) is 12.2. The Kier molecular flexibility index (Phi) is 4.98. The van der Waals surface area contributed by atoms with Gasteiger partial charge in [0.1, 0.15) is 11.4 Å². The van der Waals surface area contributed by atoms with Gasteiger partial charge in [-0.15, -0.1) is 0 Å². The van der Waals surface area contributed by atoms with Crippen LogP contribution in [0.5, 0.6) is 5.75 Å². The van der Waals surface area contributed by atoms with Crippen LogP contribution in [-0.2, 0) is 9.53 Å². The van der Waals surface area contributed by atoms with E-state index < -0.39 is 11.9 Å². The highest BCUT2D eigenvalue weighted by Gasteiger charge is 2.16. The Balaban J connectivity index is 2.23. The number of benzene rings is 1. The molecule has 0 spiro atoms. The lowest BCUT2D eigenvalue weighted by atomic mass is 10.2. The predicted octanol–water partition coefficient (Wildman–Crippen LogP) is 2.23. The predicted molar refractivity (Wildman–Crippen MR) is 79.2 cm³/mol. The smallest absolute Gasteiger partial charge is 0.354 e. The van der Waals surface area contributed by atoms with E-state index in [0.29, 0.717) is 11.3 Å². The van der Waals surface area contributed by atoms with Crippen molar-refractivity contribution >= 4 is 18.0 Å². The topological polar surface area (TPSA) is 77.8 Å². The molecule has 0 aliphatic heterocycles. The molecule has 6 heteroatoms. The summed E-state index contributed by atoms with van der Waals surface area (Å²) in [6, 6.07) is 10.1. The molecule has 2 rings (SSSR count). The fraction of sp³-hybridized carbons (Fsp3) is 0.125. The summed E-state index contributed by atoms with van der Waals surface area (Å²) in [5, 5.41) is 2.47. The van der Waals surface area contributed by atoms with Gasteiger partial charge in [-0.05, 0) is 35.9 Å². The minimum absolute atomic E-state index is 0.00840. The van der Waals surface area contributed by atoms with Crippen LogP contribution in [0.1, 0.15) is 16.1 Å². The largest absolute Gasteiger partial charge is 0.497 e. The molecule has 0 saturated carbocycles. The molecular formula is C16H15NO5. The number of ether oxygens (including phenoxy) is 2. The molecule has 6 nitrogen and oxygen atoms in total. The lowest BCUT2D eigenvalue weighted by Gasteiger charge is -2.07. The van der Waals surface area contributed by atoms with Crippen LogP contribution < -0.4 is 10.1 Å². The average Bonchev–Trinajstić information content (AvgIpc) is 3.08. The van der Waals surface area contributed by atoms with Gasteiger partial charge in [0.15, 0.2) is 5.76 Å². The maximum Gasteiger partial charge on any atom is 0.354 e. The Morgan fingerprint density at radius 3 is 2.41 bits per heavy atom. The Morgan fingerprint density at radius 2 is 1.86 bits per heavy atom. The Bertz CT molecular complexity index is 671. The van der Waals surface area contributed by atoms with Crippen molar-refractivity contribution in [1.29, 1.82) is 0 Å². The summed E-state index contributed by atoms with van der Waals surface area (Å²) in [6.07, 6.45) is 2.88. The van der Waals surface area contributed by atoms with Gasteiger partial charge >= 0.3 is 5.97 Å². The molecule has 1 N–H and O–H groups in total. The summed E-state index contributed by atoms with van der Waals surface area (Å²) in [5.41, 5.74) is 0.718. The average molecular weight is 301 g/mol. The van der Waals surface area contributed by atoms with Crippen molar-refractivity contribution in [2.75, 3.05) is 14.2 Å². The van der Waals surface area contributed by atoms with E-state index in [1.807, 2.05) is 0 Å². The first-order valence-corrected chi connectivity index (χ1v) is 6.43. The third-order valence-corrected chi connectivity index (χ3v) is 2.83. The van der Waals surface area contributed by atoms with E-state index in [1.54, 1.807) is 37.4 Å². The molecule has 0 aliphatic rings. The second kappa shape index (κ2) is 7.12. The monoisotopic (exact) mass is 301 g/mol. The third-order valence-electron chi connectivity index (χ3n) is 2.83. The van der Waals surface area contributed by atoms with E-state index in [4.69, 9.17) is 9.15 Å². The maximum absolute atomic E-state index is 12.0. The summed E-state index contributed by atoms with van der Waals surface area (Å²) in [6.45, 7) is 0. The van der Waals surface area contributed by atoms with Crippen LogP contribution in [0.15, 0.2) is 52.8 Å². The lowest BCUT2D eigenvalue weighted by Crippen LogP contribution is -2.27. The van der Waals surface area contributed by atoms with Crippen LogP contribution in [0, 0.1) is 0 Å². The molecule has 1 heterocycles. The number of carbonyl (C=O) groups is 2. The van der Waals surface area contributed by atoms with Gasteiger partial charge in [0.25, 0.3) is 5.91 Å². The highest BCUT2D eigenvalue weighted by atomic mass is 16.5. The second-order valence-corrected chi connectivity index (χ2v) is 4.25. The zero-order valence-electron chi connectivity index (χ0n) is 12.2. The van der Waals surface area contributed by atoms with Crippen molar-refractivity contribution in [2.24, 2.45) is 0 Å². The second-order valence-electron chi connectivity index (χ2n) is 4.25. The van der Waals surface area contributed by atoms with Gasteiger partial charge in [-0.2, -0.15) is 0 Å². The van der Waals surface area contributed by atoms with E-state index in [2.05, 4.69) is 10.1 Å². The molecular weight excluding hydrogens is 286 g/mol. The Hall–Kier alpha value is -3.02. The SMILES string of the molecule is COC(=O)/C(=C\c1ccc(OC)cc1)NC(=O)c1ccco1. The van der Waals surface area contributed by atoms with Crippen molar-refractivity contribution < 1.29 is 23.5 Å². The Labute approximate surface area is 127 Å². The number of amides is 1. The molecule has 0 aliphatic carbocycles. The molecule has 1 aromatic heterocycles. The molecule has 0 unspecified atom stereocenters. The summed E-state index contributed by atoms with van der Waals surface area (Å²) < 4.78 is 14.7.